The monoisotopic (exact) mass is 251 g/mol. The van der Waals surface area contributed by atoms with Crippen LogP contribution >= 0.6 is 0 Å². The van der Waals surface area contributed by atoms with E-state index in [0.717, 1.165) is 12.8 Å². The number of amides is 1. The van der Waals surface area contributed by atoms with Gasteiger partial charge in [0.15, 0.2) is 0 Å². The van der Waals surface area contributed by atoms with Crippen molar-refractivity contribution in [3.8, 4) is 0 Å². The van der Waals surface area contributed by atoms with Crippen LogP contribution in [0.1, 0.15) is 26.7 Å². The summed E-state index contributed by atoms with van der Waals surface area (Å²) in [5.41, 5.74) is 0. The van der Waals surface area contributed by atoms with E-state index in [1.807, 2.05) is 19.9 Å². The van der Waals surface area contributed by atoms with E-state index in [1.54, 1.807) is 4.90 Å². The van der Waals surface area contributed by atoms with Crippen molar-refractivity contribution in [2.75, 3.05) is 13.1 Å². The fourth-order valence-corrected chi connectivity index (χ4v) is 3.41. The van der Waals surface area contributed by atoms with Gasteiger partial charge in [-0.2, -0.15) is 0 Å². The van der Waals surface area contributed by atoms with Crippen molar-refractivity contribution < 1.29 is 14.7 Å². The number of allylic oxidation sites excluding steroid dienone is 2. The molecule has 3 aliphatic rings. The third-order valence-corrected chi connectivity index (χ3v) is 4.39. The van der Waals surface area contributed by atoms with Gasteiger partial charge >= 0.3 is 5.97 Å². The predicted octanol–water partition coefficient (Wildman–Crippen LogP) is 1.77. The van der Waals surface area contributed by atoms with Crippen LogP contribution in [0.4, 0.5) is 0 Å². The molecule has 1 amide bonds. The van der Waals surface area contributed by atoms with Crippen molar-refractivity contribution in [2.45, 2.75) is 26.7 Å². The van der Waals surface area contributed by atoms with Gasteiger partial charge in [0.25, 0.3) is 0 Å². The minimum Gasteiger partial charge on any atom is -0.481 e. The van der Waals surface area contributed by atoms with Crippen molar-refractivity contribution >= 4 is 11.9 Å². The molecule has 3 rings (SSSR count). The highest BCUT2D eigenvalue weighted by atomic mass is 16.4. The zero-order valence-electron chi connectivity index (χ0n) is 11.0. The van der Waals surface area contributed by atoms with Gasteiger partial charge in [-0.05, 0) is 38.5 Å². The standard InChI is InChI=1S/C14H21NO3/c1-3-15(4-2)13(16)11-9-5-7-10(8-6-9)12(11)14(17)18/h5,7,9-12H,3-4,6,8H2,1-2H3,(H,17,18). The summed E-state index contributed by atoms with van der Waals surface area (Å²) in [6.45, 7) is 5.18. The van der Waals surface area contributed by atoms with E-state index >= 15 is 0 Å². The van der Waals surface area contributed by atoms with E-state index in [2.05, 4.69) is 6.08 Å². The molecule has 0 aromatic rings. The Bertz CT molecular complexity index is 373. The number of rotatable bonds is 4. The lowest BCUT2D eigenvalue weighted by atomic mass is 9.62. The van der Waals surface area contributed by atoms with Crippen molar-refractivity contribution in [1.29, 1.82) is 0 Å². The molecule has 4 nitrogen and oxygen atoms in total. The Labute approximate surface area is 108 Å². The summed E-state index contributed by atoms with van der Waals surface area (Å²) in [6.07, 6.45) is 5.90. The van der Waals surface area contributed by atoms with E-state index in [-0.39, 0.29) is 23.7 Å². The van der Waals surface area contributed by atoms with Crippen LogP contribution in [0.15, 0.2) is 12.2 Å². The normalized spacial score (nSPS) is 33.4. The maximum atomic E-state index is 12.5. The van der Waals surface area contributed by atoms with Gasteiger partial charge in [0.2, 0.25) is 5.91 Å². The average Bonchev–Trinajstić information content (AvgIpc) is 2.40. The second-order valence-corrected chi connectivity index (χ2v) is 5.19. The zero-order chi connectivity index (χ0) is 13.3. The topological polar surface area (TPSA) is 57.6 Å². The molecule has 4 atom stereocenters. The average molecular weight is 251 g/mol. The van der Waals surface area contributed by atoms with Crippen LogP contribution < -0.4 is 0 Å². The Kier molecular flexibility index (Phi) is 3.73. The Morgan fingerprint density at radius 1 is 1.11 bits per heavy atom. The van der Waals surface area contributed by atoms with Crippen molar-refractivity contribution in [1.82, 2.24) is 4.90 Å². The smallest absolute Gasteiger partial charge is 0.307 e. The molecule has 0 aliphatic heterocycles. The summed E-state index contributed by atoms with van der Waals surface area (Å²) in [5, 5.41) is 9.40. The first kappa shape index (κ1) is 13.1. The summed E-state index contributed by atoms with van der Waals surface area (Å²) in [5.74, 6) is -1.53. The molecule has 3 aliphatic carbocycles. The molecule has 0 spiro atoms. The molecule has 1 fully saturated rings. The van der Waals surface area contributed by atoms with E-state index in [4.69, 9.17) is 0 Å². The second-order valence-electron chi connectivity index (χ2n) is 5.19. The van der Waals surface area contributed by atoms with Gasteiger partial charge in [0.05, 0.1) is 11.8 Å². The molecule has 2 bridgehead atoms. The maximum absolute atomic E-state index is 12.5. The highest BCUT2D eigenvalue weighted by molar-refractivity contribution is 5.86. The lowest BCUT2D eigenvalue weighted by Crippen LogP contribution is -2.50. The molecule has 4 heteroatoms. The van der Waals surface area contributed by atoms with Crippen LogP contribution in [0.25, 0.3) is 0 Å². The van der Waals surface area contributed by atoms with Gasteiger partial charge in [-0.1, -0.05) is 12.2 Å². The van der Waals surface area contributed by atoms with E-state index in [9.17, 15) is 14.7 Å². The lowest BCUT2D eigenvalue weighted by molar-refractivity contribution is -0.156. The maximum Gasteiger partial charge on any atom is 0.307 e. The van der Waals surface area contributed by atoms with Gasteiger partial charge in [0, 0.05) is 13.1 Å². The molecule has 0 radical (unpaired) electrons. The van der Waals surface area contributed by atoms with Crippen LogP contribution in [0, 0.1) is 23.7 Å². The van der Waals surface area contributed by atoms with Crippen molar-refractivity contribution in [3.05, 3.63) is 12.2 Å². The first-order valence-electron chi connectivity index (χ1n) is 6.80. The van der Waals surface area contributed by atoms with E-state index in [1.165, 1.54) is 0 Å². The fraction of sp³-hybridized carbons (Fsp3) is 0.714. The molecular formula is C14H21NO3. The van der Waals surface area contributed by atoms with Gasteiger partial charge in [0.1, 0.15) is 0 Å². The largest absolute Gasteiger partial charge is 0.481 e. The van der Waals surface area contributed by atoms with Crippen LogP contribution in [-0.4, -0.2) is 35.0 Å². The second kappa shape index (κ2) is 5.12. The molecule has 0 heterocycles. The number of carboxylic acid groups (broad SMARTS) is 1. The lowest BCUT2D eigenvalue weighted by Gasteiger charge is -2.43. The minimum atomic E-state index is -0.820. The number of carbonyl (C=O) groups excluding carboxylic acids is 1. The summed E-state index contributed by atoms with van der Waals surface area (Å²) in [6, 6.07) is 0. The summed E-state index contributed by atoms with van der Waals surface area (Å²) in [7, 11) is 0. The number of carboxylic acids is 1. The third kappa shape index (κ3) is 2.04. The van der Waals surface area contributed by atoms with Crippen molar-refractivity contribution in [3.63, 3.8) is 0 Å². The third-order valence-electron chi connectivity index (χ3n) is 4.39. The van der Waals surface area contributed by atoms with Crippen molar-refractivity contribution in [2.24, 2.45) is 23.7 Å². The number of carbonyl (C=O) groups is 2. The summed E-state index contributed by atoms with van der Waals surface area (Å²) >= 11 is 0. The molecule has 0 saturated heterocycles. The molecule has 1 saturated carbocycles. The van der Waals surface area contributed by atoms with Gasteiger partial charge < -0.3 is 10.0 Å². The summed E-state index contributed by atoms with van der Waals surface area (Å²) < 4.78 is 0. The highest BCUT2D eigenvalue weighted by Crippen LogP contribution is 2.45. The molecule has 100 valence electrons. The molecular weight excluding hydrogens is 230 g/mol. The molecule has 1 N–H and O–H groups in total. The van der Waals surface area contributed by atoms with Gasteiger partial charge in [-0.3, -0.25) is 9.59 Å². The molecule has 0 aromatic heterocycles. The van der Waals surface area contributed by atoms with Crippen LogP contribution in [0.3, 0.4) is 0 Å². The summed E-state index contributed by atoms with van der Waals surface area (Å²) in [4.78, 5) is 25.7. The highest BCUT2D eigenvalue weighted by Gasteiger charge is 2.48. The van der Waals surface area contributed by atoms with Gasteiger partial charge in [-0.25, -0.2) is 0 Å². The molecule has 18 heavy (non-hydrogen) atoms. The number of hydrogen-bond donors (Lipinski definition) is 1. The Hall–Kier alpha value is -1.32. The Morgan fingerprint density at radius 2 is 1.61 bits per heavy atom. The van der Waals surface area contributed by atoms with Gasteiger partial charge in [-0.15, -0.1) is 0 Å². The number of hydrogen-bond acceptors (Lipinski definition) is 2. The van der Waals surface area contributed by atoms with E-state index < -0.39 is 11.9 Å². The van der Waals surface area contributed by atoms with Crippen LogP contribution in [0.2, 0.25) is 0 Å². The van der Waals surface area contributed by atoms with Crippen LogP contribution in [0.5, 0.6) is 0 Å². The number of aliphatic carboxylic acids is 1. The quantitative estimate of drug-likeness (QED) is 0.775. The number of fused-ring (bicyclic) bond motifs is 2. The predicted molar refractivity (Wildman–Crippen MR) is 67.9 cm³/mol. The van der Waals surface area contributed by atoms with E-state index in [0.29, 0.717) is 13.1 Å². The zero-order valence-corrected chi connectivity index (χ0v) is 11.0. The fourth-order valence-electron chi connectivity index (χ4n) is 3.41. The minimum absolute atomic E-state index is 0.0199. The van der Waals surface area contributed by atoms with Crippen LogP contribution in [-0.2, 0) is 9.59 Å². The SMILES string of the molecule is CCN(CC)C(=O)C1C2C=CC(CC2)C1C(=O)O. The Morgan fingerprint density at radius 3 is 2.00 bits per heavy atom. The first-order valence-corrected chi connectivity index (χ1v) is 6.80. The number of nitrogens with zero attached hydrogens (tertiary/aromatic N) is 1. The Balaban J connectivity index is 2.27. The molecule has 0 aromatic carbocycles. The first-order chi connectivity index (χ1) is 8.60. The molecule has 4 unspecified atom stereocenters.